The predicted molar refractivity (Wildman–Crippen MR) is 84.7 cm³/mol. The van der Waals surface area contributed by atoms with Gasteiger partial charge in [0.25, 0.3) is 11.6 Å². The van der Waals surface area contributed by atoms with Crippen molar-refractivity contribution in [3.8, 4) is 0 Å². The van der Waals surface area contributed by atoms with Crippen LogP contribution in [0, 0.1) is 10.1 Å². The molecule has 0 heterocycles. The topological polar surface area (TPSA) is 98.3 Å². The van der Waals surface area contributed by atoms with Gasteiger partial charge in [0.2, 0.25) is 0 Å². The Bertz CT molecular complexity index is 686. The minimum absolute atomic E-state index is 0.0409. The Balaban J connectivity index is 2.04. The molecule has 1 unspecified atom stereocenters. The largest absolute Gasteiger partial charge is 0.393 e. The Morgan fingerprint density at radius 3 is 2.59 bits per heavy atom. The molecule has 0 spiro atoms. The van der Waals surface area contributed by atoms with Crippen molar-refractivity contribution in [2.45, 2.75) is 12.8 Å². The number of hydrogen-bond donors (Lipinski definition) is 2. The lowest BCUT2D eigenvalue weighted by atomic mass is 10.0. The standard InChI is InChI=1S/C16H17N3O3/c1-11(12-5-3-2-4-6-12)10-18-16(20)13-7-8-14(17)15(9-13)19(21)22/h2-9,11H,10,17H2,1H3,(H,18,20). The molecule has 2 aromatic carbocycles. The number of amides is 1. The number of carbonyl (C=O) groups is 1. The molecule has 0 saturated heterocycles. The highest BCUT2D eigenvalue weighted by molar-refractivity contribution is 5.95. The summed E-state index contributed by atoms with van der Waals surface area (Å²) in [6, 6.07) is 13.8. The molecule has 6 nitrogen and oxygen atoms in total. The third-order valence-electron chi connectivity index (χ3n) is 3.43. The Labute approximate surface area is 128 Å². The first-order chi connectivity index (χ1) is 10.5. The fraction of sp³-hybridized carbons (Fsp3) is 0.188. The first-order valence-corrected chi connectivity index (χ1v) is 6.86. The normalized spacial score (nSPS) is 11.7. The average molecular weight is 299 g/mol. The number of carbonyl (C=O) groups excluding carboxylic acids is 1. The molecule has 0 aliphatic heterocycles. The van der Waals surface area contributed by atoms with Gasteiger partial charge < -0.3 is 11.1 Å². The molecule has 0 aliphatic carbocycles. The molecule has 3 N–H and O–H groups in total. The molecular formula is C16H17N3O3. The van der Waals surface area contributed by atoms with Gasteiger partial charge in [-0.3, -0.25) is 14.9 Å². The van der Waals surface area contributed by atoms with E-state index in [-0.39, 0.29) is 28.8 Å². The highest BCUT2D eigenvalue weighted by Crippen LogP contribution is 2.22. The number of nitro groups is 1. The van der Waals surface area contributed by atoms with E-state index in [0.29, 0.717) is 6.54 Å². The number of anilines is 1. The number of rotatable bonds is 5. The van der Waals surface area contributed by atoms with Crippen molar-refractivity contribution < 1.29 is 9.72 Å². The van der Waals surface area contributed by atoms with Crippen LogP contribution in [-0.2, 0) is 0 Å². The van der Waals surface area contributed by atoms with Crippen molar-refractivity contribution in [2.24, 2.45) is 0 Å². The molecular weight excluding hydrogens is 282 g/mol. The second-order valence-corrected chi connectivity index (χ2v) is 5.05. The van der Waals surface area contributed by atoms with Gasteiger partial charge in [0.05, 0.1) is 4.92 Å². The Morgan fingerprint density at radius 1 is 1.27 bits per heavy atom. The van der Waals surface area contributed by atoms with E-state index >= 15 is 0 Å². The summed E-state index contributed by atoms with van der Waals surface area (Å²) in [4.78, 5) is 22.3. The third-order valence-corrected chi connectivity index (χ3v) is 3.43. The molecule has 0 saturated carbocycles. The first kappa shape index (κ1) is 15.5. The van der Waals surface area contributed by atoms with Gasteiger partial charge in [-0.15, -0.1) is 0 Å². The van der Waals surface area contributed by atoms with Gasteiger partial charge in [-0.25, -0.2) is 0 Å². The fourth-order valence-corrected chi connectivity index (χ4v) is 2.09. The molecule has 1 amide bonds. The number of hydrogen-bond acceptors (Lipinski definition) is 4. The van der Waals surface area contributed by atoms with E-state index in [9.17, 15) is 14.9 Å². The van der Waals surface area contributed by atoms with Gasteiger partial charge in [-0.1, -0.05) is 37.3 Å². The van der Waals surface area contributed by atoms with Crippen LogP contribution in [0.15, 0.2) is 48.5 Å². The second kappa shape index (κ2) is 6.71. The molecule has 22 heavy (non-hydrogen) atoms. The molecule has 0 bridgehead atoms. The maximum atomic E-state index is 12.1. The summed E-state index contributed by atoms with van der Waals surface area (Å²) in [7, 11) is 0. The average Bonchev–Trinajstić information content (AvgIpc) is 2.53. The van der Waals surface area contributed by atoms with Gasteiger partial charge >= 0.3 is 0 Å². The van der Waals surface area contributed by atoms with Crippen molar-refractivity contribution in [2.75, 3.05) is 12.3 Å². The number of nitrogen functional groups attached to an aromatic ring is 1. The first-order valence-electron chi connectivity index (χ1n) is 6.86. The Morgan fingerprint density at radius 2 is 1.95 bits per heavy atom. The number of nitrogens with one attached hydrogen (secondary N) is 1. The van der Waals surface area contributed by atoms with Crippen LogP contribution in [0.1, 0.15) is 28.8 Å². The van der Waals surface area contributed by atoms with Crippen LogP contribution in [0.3, 0.4) is 0 Å². The van der Waals surface area contributed by atoms with E-state index in [1.54, 1.807) is 0 Å². The molecule has 114 valence electrons. The predicted octanol–water partition coefficient (Wildman–Crippen LogP) is 2.71. The minimum Gasteiger partial charge on any atom is -0.393 e. The molecule has 2 aromatic rings. The van der Waals surface area contributed by atoms with Crippen LogP contribution in [0.25, 0.3) is 0 Å². The summed E-state index contributed by atoms with van der Waals surface area (Å²) < 4.78 is 0. The molecule has 1 atom stereocenters. The summed E-state index contributed by atoms with van der Waals surface area (Å²) in [5.74, 6) is -0.209. The second-order valence-electron chi connectivity index (χ2n) is 5.05. The van der Waals surface area contributed by atoms with Crippen LogP contribution in [0.2, 0.25) is 0 Å². The molecule has 0 radical (unpaired) electrons. The third kappa shape index (κ3) is 3.60. The van der Waals surface area contributed by atoms with E-state index in [4.69, 9.17) is 5.73 Å². The summed E-state index contributed by atoms with van der Waals surface area (Å²) in [5, 5.41) is 13.6. The van der Waals surface area contributed by atoms with Gasteiger partial charge in [-0.2, -0.15) is 0 Å². The summed E-state index contributed by atoms with van der Waals surface area (Å²) in [5.41, 5.74) is 6.64. The van der Waals surface area contributed by atoms with E-state index < -0.39 is 4.92 Å². The van der Waals surface area contributed by atoms with Crippen molar-refractivity contribution in [1.29, 1.82) is 0 Å². The zero-order valence-corrected chi connectivity index (χ0v) is 12.2. The molecule has 0 aromatic heterocycles. The van der Waals surface area contributed by atoms with Gasteiger partial charge in [0.15, 0.2) is 0 Å². The highest BCUT2D eigenvalue weighted by atomic mass is 16.6. The van der Waals surface area contributed by atoms with Gasteiger partial charge in [0.1, 0.15) is 5.69 Å². The quantitative estimate of drug-likeness (QED) is 0.504. The minimum atomic E-state index is -0.599. The van der Waals surface area contributed by atoms with Crippen molar-refractivity contribution in [1.82, 2.24) is 5.32 Å². The van der Waals surface area contributed by atoms with Gasteiger partial charge in [-0.05, 0) is 23.6 Å². The van der Waals surface area contributed by atoms with E-state index in [1.165, 1.54) is 18.2 Å². The van der Waals surface area contributed by atoms with Crippen LogP contribution < -0.4 is 11.1 Å². The lowest BCUT2D eigenvalue weighted by molar-refractivity contribution is -0.383. The SMILES string of the molecule is CC(CNC(=O)c1ccc(N)c([N+](=O)[O-])c1)c1ccccc1. The monoisotopic (exact) mass is 299 g/mol. The zero-order valence-electron chi connectivity index (χ0n) is 12.2. The lowest BCUT2D eigenvalue weighted by Crippen LogP contribution is -2.27. The zero-order chi connectivity index (χ0) is 16.1. The number of nitrogens with two attached hydrogens (primary N) is 1. The van der Waals surface area contributed by atoms with Crippen molar-refractivity contribution >= 4 is 17.3 Å². The van der Waals surface area contributed by atoms with Crippen molar-refractivity contribution in [3.63, 3.8) is 0 Å². The number of nitro benzene ring substituents is 1. The van der Waals surface area contributed by atoms with Gasteiger partial charge in [0, 0.05) is 18.2 Å². The fourth-order valence-electron chi connectivity index (χ4n) is 2.09. The highest BCUT2D eigenvalue weighted by Gasteiger charge is 2.16. The van der Waals surface area contributed by atoms with Crippen LogP contribution in [0.4, 0.5) is 11.4 Å². The Kier molecular flexibility index (Phi) is 4.73. The summed E-state index contributed by atoms with van der Waals surface area (Å²) in [6.07, 6.45) is 0. The molecule has 2 rings (SSSR count). The lowest BCUT2D eigenvalue weighted by Gasteiger charge is -2.13. The van der Waals surface area contributed by atoms with Crippen LogP contribution in [-0.4, -0.2) is 17.4 Å². The van der Waals surface area contributed by atoms with Crippen LogP contribution in [0.5, 0.6) is 0 Å². The van der Waals surface area contributed by atoms with E-state index in [0.717, 1.165) is 5.56 Å². The number of nitrogens with zero attached hydrogens (tertiary/aromatic N) is 1. The number of benzene rings is 2. The maximum absolute atomic E-state index is 12.1. The van der Waals surface area contributed by atoms with Crippen molar-refractivity contribution in [3.05, 3.63) is 69.8 Å². The summed E-state index contributed by atoms with van der Waals surface area (Å²) >= 11 is 0. The Hall–Kier alpha value is -2.89. The molecule has 6 heteroatoms. The van der Waals surface area contributed by atoms with E-state index in [2.05, 4.69) is 5.32 Å². The smallest absolute Gasteiger partial charge is 0.292 e. The van der Waals surface area contributed by atoms with E-state index in [1.807, 2.05) is 37.3 Å². The summed E-state index contributed by atoms with van der Waals surface area (Å²) in [6.45, 7) is 2.45. The maximum Gasteiger partial charge on any atom is 0.292 e. The molecule has 0 fully saturated rings. The van der Waals surface area contributed by atoms with Crippen LogP contribution >= 0.6 is 0 Å². The molecule has 0 aliphatic rings.